The predicted molar refractivity (Wildman–Crippen MR) is 230 cm³/mol. The SMILES string of the molecule is CCCCNc1nc(Nc2cc(Cl)c(N=Nc3cc(C(=O)O)cc(C(=O)O)c3)cc2O)nc(Nc2cc(Cl)c(N=Nc3cc(C(=O)O)cc(C(=O)O)c3)cc2OCCCS(=O)(=O)O)n1. The fourth-order valence-corrected chi connectivity index (χ4v) is 6.11. The Labute approximate surface area is 371 Å². The van der Waals surface area contributed by atoms with Crippen molar-refractivity contribution in [3.8, 4) is 11.5 Å². The number of aromatic carboxylic acids is 4. The molecule has 1 heterocycles. The van der Waals surface area contributed by atoms with E-state index in [-0.39, 0.29) is 103 Å². The number of carboxylic acids is 4. The van der Waals surface area contributed by atoms with Crippen LogP contribution in [0.4, 0.5) is 52.0 Å². The molecule has 0 aliphatic carbocycles. The number of hydrogen-bond acceptors (Lipinski definition) is 18. The zero-order chi connectivity index (χ0) is 46.7. The highest BCUT2D eigenvalue weighted by molar-refractivity contribution is 7.85. The Morgan fingerprint density at radius 1 is 0.641 bits per heavy atom. The van der Waals surface area contributed by atoms with E-state index in [0.29, 0.717) is 6.54 Å². The van der Waals surface area contributed by atoms with E-state index < -0.39 is 45.5 Å². The molecule has 0 spiro atoms. The van der Waals surface area contributed by atoms with Crippen LogP contribution in [0.15, 0.2) is 81.1 Å². The van der Waals surface area contributed by atoms with E-state index in [4.69, 9.17) is 27.9 Å². The first-order valence-corrected chi connectivity index (χ1v) is 20.7. The van der Waals surface area contributed by atoms with Crippen LogP contribution in [0, 0.1) is 0 Å². The summed E-state index contributed by atoms with van der Waals surface area (Å²) in [6, 6.07) is 11.3. The number of halogens is 2. The van der Waals surface area contributed by atoms with Gasteiger partial charge in [0.05, 0.1) is 67.4 Å². The van der Waals surface area contributed by atoms with Crippen LogP contribution in [0.25, 0.3) is 0 Å². The van der Waals surface area contributed by atoms with Crippen molar-refractivity contribution >= 4 is 109 Å². The van der Waals surface area contributed by atoms with E-state index in [1.54, 1.807) is 0 Å². The number of azo groups is 2. The van der Waals surface area contributed by atoms with E-state index in [9.17, 15) is 57.7 Å². The van der Waals surface area contributed by atoms with Crippen LogP contribution < -0.4 is 20.7 Å². The lowest BCUT2D eigenvalue weighted by Gasteiger charge is -2.16. The highest BCUT2D eigenvalue weighted by Gasteiger charge is 2.18. The van der Waals surface area contributed by atoms with Gasteiger partial charge in [0, 0.05) is 18.7 Å². The molecule has 0 amide bonds. The molecule has 64 heavy (non-hydrogen) atoms. The van der Waals surface area contributed by atoms with Gasteiger partial charge in [-0.25, -0.2) is 19.2 Å². The summed E-state index contributed by atoms with van der Waals surface area (Å²) in [6.07, 6.45) is 1.40. The zero-order valence-corrected chi connectivity index (χ0v) is 35.2. The number of unbranched alkanes of at least 4 members (excludes halogenated alkanes) is 1. The lowest BCUT2D eigenvalue weighted by Crippen LogP contribution is -2.11. The first-order valence-electron chi connectivity index (χ1n) is 18.3. The first kappa shape index (κ1) is 47.5. The minimum Gasteiger partial charge on any atom is -0.506 e. The number of carbonyl (C=O) groups is 4. The van der Waals surface area contributed by atoms with Gasteiger partial charge in [0.1, 0.15) is 22.9 Å². The minimum absolute atomic E-state index is 0.0161. The second kappa shape index (κ2) is 21.0. The molecule has 334 valence electrons. The van der Waals surface area contributed by atoms with Crippen molar-refractivity contribution in [3.05, 3.63) is 93.0 Å². The normalized spacial score (nSPS) is 11.4. The second-order valence-electron chi connectivity index (χ2n) is 13.1. The third-order valence-corrected chi connectivity index (χ3v) is 9.64. The Hall–Kier alpha value is -7.54. The molecule has 26 heteroatoms. The number of nitrogens with one attached hydrogen (secondary N) is 3. The van der Waals surface area contributed by atoms with E-state index >= 15 is 0 Å². The van der Waals surface area contributed by atoms with Crippen molar-refractivity contribution in [2.75, 3.05) is 34.9 Å². The average molecular weight is 942 g/mol. The van der Waals surface area contributed by atoms with E-state index in [2.05, 4.69) is 51.4 Å². The number of carboxylic acid groups (broad SMARTS) is 4. The van der Waals surface area contributed by atoms with Crippen LogP contribution in [-0.2, 0) is 10.1 Å². The Morgan fingerprint density at radius 2 is 1.09 bits per heavy atom. The van der Waals surface area contributed by atoms with E-state index in [1.165, 1.54) is 18.2 Å². The maximum Gasteiger partial charge on any atom is 0.335 e. The molecular weight excluding hydrogens is 907 g/mol. The number of nitrogens with zero attached hydrogens (tertiary/aromatic N) is 7. The Bertz CT molecular complexity index is 2750. The largest absolute Gasteiger partial charge is 0.506 e. The maximum absolute atomic E-state index is 11.6. The summed E-state index contributed by atoms with van der Waals surface area (Å²) in [7, 11) is -4.33. The molecular formula is C38H34Cl2N10O13S. The van der Waals surface area contributed by atoms with E-state index in [0.717, 1.165) is 55.3 Å². The number of benzene rings is 4. The molecule has 23 nitrogen and oxygen atoms in total. The van der Waals surface area contributed by atoms with E-state index in [1.807, 2.05) is 6.92 Å². The van der Waals surface area contributed by atoms with Gasteiger partial charge in [-0.15, -0.1) is 10.2 Å². The van der Waals surface area contributed by atoms with Crippen molar-refractivity contribution in [2.45, 2.75) is 26.2 Å². The van der Waals surface area contributed by atoms with Crippen LogP contribution in [0.2, 0.25) is 10.0 Å². The van der Waals surface area contributed by atoms with Gasteiger partial charge in [-0.2, -0.15) is 33.6 Å². The molecule has 0 aliphatic rings. The van der Waals surface area contributed by atoms with Gasteiger partial charge in [0.25, 0.3) is 10.1 Å². The fraction of sp³-hybridized carbons (Fsp3) is 0.184. The predicted octanol–water partition coefficient (Wildman–Crippen LogP) is 8.86. The number of aromatic nitrogens is 3. The van der Waals surface area contributed by atoms with Crippen molar-refractivity contribution in [1.29, 1.82) is 0 Å². The Kier molecular flexibility index (Phi) is 15.6. The number of hydrogen-bond donors (Lipinski definition) is 9. The summed E-state index contributed by atoms with van der Waals surface area (Å²) in [5.41, 5.74) is -1.73. The van der Waals surface area contributed by atoms with Crippen molar-refractivity contribution in [2.24, 2.45) is 20.5 Å². The number of phenolic OH excluding ortho intramolecular Hbond substituents is 1. The molecule has 0 atom stereocenters. The monoisotopic (exact) mass is 940 g/mol. The second-order valence-corrected chi connectivity index (χ2v) is 15.5. The Balaban J connectivity index is 1.48. The molecule has 0 fully saturated rings. The maximum atomic E-state index is 11.6. The summed E-state index contributed by atoms with van der Waals surface area (Å²) >= 11 is 13.0. The molecule has 0 aliphatic heterocycles. The molecule has 0 saturated heterocycles. The summed E-state index contributed by atoms with van der Waals surface area (Å²) in [4.78, 5) is 59.3. The third-order valence-electron chi connectivity index (χ3n) is 8.23. The van der Waals surface area contributed by atoms with Gasteiger partial charge in [-0.05, 0) is 61.4 Å². The highest BCUT2D eigenvalue weighted by Crippen LogP contribution is 2.40. The van der Waals surface area contributed by atoms with Crippen LogP contribution >= 0.6 is 23.2 Å². The molecule has 4 aromatic carbocycles. The molecule has 9 N–H and O–H groups in total. The summed E-state index contributed by atoms with van der Waals surface area (Å²) in [5.74, 6) is -6.88. The summed E-state index contributed by atoms with van der Waals surface area (Å²) < 4.78 is 37.8. The van der Waals surface area contributed by atoms with Crippen molar-refractivity contribution < 1.29 is 62.4 Å². The minimum atomic E-state index is -4.33. The van der Waals surface area contributed by atoms with Gasteiger partial charge in [-0.1, -0.05) is 36.5 Å². The number of anilines is 5. The van der Waals surface area contributed by atoms with Gasteiger partial charge in [-0.3, -0.25) is 4.55 Å². The van der Waals surface area contributed by atoms with Crippen molar-refractivity contribution in [1.82, 2.24) is 15.0 Å². The third kappa shape index (κ3) is 13.5. The molecule has 0 radical (unpaired) electrons. The van der Waals surface area contributed by atoms with Gasteiger partial charge < -0.3 is 46.2 Å². The molecule has 0 bridgehead atoms. The van der Waals surface area contributed by atoms with Gasteiger partial charge >= 0.3 is 23.9 Å². The fourth-order valence-electron chi connectivity index (χ4n) is 5.23. The van der Waals surface area contributed by atoms with Crippen LogP contribution in [0.3, 0.4) is 0 Å². The lowest BCUT2D eigenvalue weighted by atomic mass is 10.1. The molecule has 5 aromatic rings. The topological polar surface area (TPSA) is 357 Å². The highest BCUT2D eigenvalue weighted by atomic mass is 35.5. The van der Waals surface area contributed by atoms with Gasteiger partial charge in [0.2, 0.25) is 17.8 Å². The number of rotatable bonds is 21. The number of ether oxygens (including phenoxy) is 1. The van der Waals surface area contributed by atoms with Crippen LogP contribution in [0.5, 0.6) is 11.5 Å². The molecule has 0 saturated carbocycles. The molecule has 1 aromatic heterocycles. The zero-order valence-electron chi connectivity index (χ0n) is 32.9. The summed E-state index contributed by atoms with van der Waals surface area (Å²) in [6.45, 7) is 2.16. The van der Waals surface area contributed by atoms with Gasteiger partial charge in [0.15, 0.2) is 0 Å². The van der Waals surface area contributed by atoms with Crippen LogP contribution in [0.1, 0.15) is 67.6 Å². The smallest absolute Gasteiger partial charge is 0.335 e. The molecule has 0 unspecified atom stereocenters. The summed E-state index contributed by atoms with van der Waals surface area (Å²) in [5, 5.41) is 73.1. The van der Waals surface area contributed by atoms with Crippen molar-refractivity contribution in [3.63, 3.8) is 0 Å². The number of phenols is 1. The van der Waals surface area contributed by atoms with Crippen LogP contribution in [-0.4, -0.2) is 96.2 Å². The number of aromatic hydroxyl groups is 1. The Morgan fingerprint density at radius 3 is 1.56 bits per heavy atom. The first-order chi connectivity index (χ1) is 30.3. The standard InChI is InChI=1S/C38H34Cl2N10O13S/c1-2-3-5-41-36-44-37(42-28-14-24(39)26(16-30(28)51)49-47-22-10-18(32(52)53)8-19(11-22)33(54)55)46-38(45-36)43-29-15-25(40)27(17-31(29)63-6-4-7-64(60,61)62)50-48-23-12-20(34(56)57)9-21(13-23)35(58)59/h8-17,51H,2-7H2,1H3,(H,52,53)(H,54,55)(H,56,57)(H,58,59)(H,60,61,62)(H3,41,42,43,44,45,46). The average Bonchev–Trinajstić information content (AvgIpc) is 3.22. The molecule has 5 rings (SSSR count). The lowest BCUT2D eigenvalue weighted by molar-refractivity contribution is 0.0676. The quantitative estimate of drug-likeness (QED) is 0.0143.